The average Bonchev–Trinajstić information content (AvgIpc) is 3.40. The first kappa shape index (κ1) is 25.4. The molecule has 0 spiro atoms. The van der Waals surface area contributed by atoms with E-state index in [1.165, 1.54) is 12.0 Å². The van der Waals surface area contributed by atoms with Gasteiger partial charge in [-0.3, -0.25) is 9.59 Å². The number of carbonyl (C=O) groups excluding carboxylic acids is 1. The maximum atomic E-state index is 12.5. The number of benzene rings is 2. The monoisotopic (exact) mass is 524 g/mol. The van der Waals surface area contributed by atoms with E-state index in [0.29, 0.717) is 41.1 Å². The molecule has 2 aromatic carbocycles. The molecule has 0 unspecified atom stereocenters. The zero-order chi connectivity index (χ0) is 25.3. The SMILES string of the molecule is COc1cc(-c2nnc(CCC(=O)NCCc3cccs3)c(=O)[nH]2)ccc1OCc1cccc(Cl)c1. The minimum Gasteiger partial charge on any atom is -0.493 e. The van der Waals surface area contributed by atoms with E-state index in [1.54, 1.807) is 35.6 Å². The number of carbonyl (C=O) groups is 1. The third-order valence-corrected chi connectivity index (χ3v) is 6.52. The van der Waals surface area contributed by atoms with Crippen molar-refractivity contribution in [3.63, 3.8) is 0 Å². The number of hydrogen-bond donors (Lipinski definition) is 2. The van der Waals surface area contributed by atoms with Gasteiger partial charge in [0.25, 0.3) is 5.56 Å². The molecule has 4 aromatic rings. The molecule has 0 saturated heterocycles. The van der Waals surface area contributed by atoms with Gasteiger partial charge in [0.1, 0.15) is 12.3 Å². The molecule has 0 aliphatic rings. The predicted octanol–water partition coefficient (Wildman–Crippen LogP) is 4.43. The van der Waals surface area contributed by atoms with Crippen molar-refractivity contribution >= 4 is 28.8 Å². The Kier molecular flexibility index (Phi) is 8.70. The second-order valence-corrected chi connectivity index (χ2v) is 9.38. The first-order valence-corrected chi connectivity index (χ1v) is 12.6. The predicted molar refractivity (Wildman–Crippen MR) is 140 cm³/mol. The Morgan fingerprint density at radius 3 is 2.72 bits per heavy atom. The maximum absolute atomic E-state index is 12.5. The van der Waals surface area contributed by atoms with Crippen molar-refractivity contribution < 1.29 is 14.3 Å². The van der Waals surface area contributed by atoms with Crippen molar-refractivity contribution in [1.29, 1.82) is 0 Å². The number of H-pyrrole nitrogens is 1. The van der Waals surface area contributed by atoms with Crippen LogP contribution in [0.1, 0.15) is 22.6 Å². The highest BCUT2D eigenvalue weighted by molar-refractivity contribution is 7.09. The van der Waals surface area contributed by atoms with Crippen molar-refractivity contribution in [2.75, 3.05) is 13.7 Å². The van der Waals surface area contributed by atoms with E-state index in [-0.39, 0.29) is 30.0 Å². The molecular weight excluding hydrogens is 500 g/mol. The molecule has 10 heteroatoms. The van der Waals surface area contributed by atoms with E-state index < -0.39 is 0 Å². The van der Waals surface area contributed by atoms with Gasteiger partial charge in [-0.05, 0) is 53.8 Å². The summed E-state index contributed by atoms with van der Waals surface area (Å²) >= 11 is 7.69. The number of halogens is 1. The third-order valence-electron chi connectivity index (χ3n) is 5.35. The zero-order valence-corrected chi connectivity index (χ0v) is 21.2. The molecule has 0 bridgehead atoms. The van der Waals surface area contributed by atoms with Crippen LogP contribution in [0.2, 0.25) is 5.02 Å². The summed E-state index contributed by atoms with van der Waals surface area (Å²) in [5, 5.41) is 13.7. The first-order chi connectivity index (χ1) is 17.5. The Morgan fingerprint density at radius 2 is 1.97 bits per heavy atom. The molecule has 8 nitrogen and oxygen atoms in total. The Bertz CT molecular complexity index is 1370. The Hall–Kier alpha value is -3.69. The average molecular weight is 525 g/mol. The quantitative estimate of drug-likeness (QED) is 0.301. The molecule has 0 atom stereocenters. The summed E-state index contributed by atoms with van der Waals surface area (Å²) in [5.74, 6) is 1.19. The van der Waals surface area contributed by atoms with Crippen LogP contribution in [0.4, 0.5) is 0 Å². The minimum absolute atomic E-state index is 0.130. The second-order valence-electron chi connectivity index (χ2n) is 7.91. The number of nitrogens with one attached hydrogen (secondary N) is 2. The van der Waals surface area contributed by atoms with Gasteiger partial charge in [0.05, 0.1) is 7.11 Å². The van der Waals surface area contributed by atoms with Crippen LogP contribution in [0, 0.1) is 0 Å². The van der Waals surface area contributed by atoms with Gasteiger partial charge < -0.3 is 19.8 Å². The van der Waals surface area contributed by atoms with E-state index in [9.17, 15) is 9.59 Å². The number of amides is 1. The standard InChI is InChI=1S/C26H25ClN4O4S/c1-34-23-15-18(7-9-22(23)35-16-17-4-2-5-19(27)14-17)25-29-26(33)21(30-31-25)8-10-24(32)28-12-11-20-6-3-13-36-20/h2-7,9,13-15H,8,10-12,16H2,1H3,(H,28,32)(H,29,31,33). The summed E-state index contributed by atoms with van der Waals surface area (Å²) in [6.45, 7) is 0.879. The fraction of sp³-hybridized carbons (Fsp3) is 0.231. The van der Waals surface area contributed by atoms with Gasteiger partial charge in [0, 0.05) is 34.8 Å². The van der Waals surface area contributed by atoms with Crippen LogP contribution < -0.4 is 20.3 Å². The van der Waals surface area contributed by atoms with Crippen LogP contribution in [0.15, 0.2) is 64.8 Å². The molecule has 0 aliphatic carbocycles. The van der Waals surface area contributed by atoms with Crippen molar-refractivity contribution in [2.24, 2.45) is 0 Å². The lowest BCUT2D eigenvalue weighted by Crippen LogP contribution is -2.27. The lowest BCUT2D eigenvalue weighted by atomic mass is 10.2. The summed E-state index contributed by atoms with van der Waals surface area (Å²) in [4.78, 5) is 28.6. The smallest absolute Gasteiger partial charge is 0.273 e. The number of hydrogen-bond acceptors (Lipinski definition) is 7. The first-order valence-electron chi connectivity index (χ1n) is 11.3. The summed E-state index contributed by atoms with van der Waals surface area (Å²) in [6, 6.07) is 16.6. The number of thiophene rings is 1. The number of aryl methyl sites for hydroxylation is 1. The van der Waals surface area contributed by atoms with E-state index in [1.807, 2.05) is 35.7 Å². The molecule has 0 saturated carbocycles. The van der Waals surface area contributed by atoms with Gasteiger partial charge in [0.15, 0.2) is 17.3 Å². The van der Waals surface area contributed by atoms with Gasteiger partial charge in [0.2, 0.25) is 5.91 Å². The number of ether oxygens (including phenoxy) is 2. The molecule has 2 aromatic heterocycles. The van der Waals surface area contributed by atoms with Crippen LogP contribution in [0.3, 0.4) is 0 Å². The number of methoxy groups -OCH3 is 1. The molecule has 4 rings (SSSR count). The number of aromatic nitrogens is 3. The van der Waals surface area contributed by atoms with E-state index in [4.69, 9.17) is 21.1 Å². The highest BCUT2D eigenvalue weighted by Gasteiger charge is 2.12. The lowest BCUT2D eigenvalue weighted by molar-refractivity contribution is -0.121. The maximum Gasteiger partial charge on any atom is 0.273 e. The molecule has 2 heterocycles. The van der Waals surface area contributed by atoms with Gasteiger partial charge in [-0.1, -0.05) is 29.8 Å². The summed E-state index contributed by atoms with van der Waals surface area (Å²) in [5.41, 5.74) is 1.37. The molecule has 2 N–H and O–H groups in total. The van der Waals surface area contributed by atoms with Crippen molar-refractivity contribution in [3.8, 4) is 22.9 Å². The van der Waals surface area contributed by atoms with Gasteiger partial charge in [-0.25, -0.2) is 0 Å². The van der Waals surface area contributed by atoms with Crippen LogP contribution in [-0.4, -0.2) is 34.7 Å². The molecule has 36 heavy (non-hydrogen) atoms. The van der Waals surface area contributed by atoms with Crippen LogP contribution >= 0.6 is 22.9 Å². The van der Waals surface area contributed by atoms with E-state index in [2.05, 4.69) is 20.5 Å². The molecule has 0 fully saturated rings. The normalized spacial score (nSPS) is 10.7. The highest BCUT2D eigenvalue weighted by Crippen LogP contribution is 2.31. The Labute approximate surface area is 217 Å². The molecule has 1 amide bonds. The molecule has 186 valence electrons. The topological polar surface area (TPSA) is 106 Å². The zero-order valence-electron chi connectivity index (χ0n) is 19.6. The van der Waals surface area contributed by atoms with Gasteiger partial charge in [-0.2, -0.15) is 0 Å². The Balaban J connectivity index is 1.35. The van der Waals surface area contributed by atoms with Gasteiger partial charge >= 0.3 is 0 Å². The second kappa shape index (κ2) is 12.3. The minimum atomic E-state index is -0.383. The third kappa shape index (κ3) is 6.93. The number of aromatic amines is 1. The molecular formula is C26H25ClN4O4S. The van der Waals surface area contributed by atoms with Crippen molar-refractivity contribution in [1.82, 2.24) is 20.5 Å². The summed E-state index contributed by atoms with van der Waals surface area (Å²) in [7, 11) is 1.54. The molecule has 0 radical (unpaired) electrons. The van der Waals surface area contributed by atoms with Crippen LogP contribution in [-0.2, 0) is 24.2 Å². The lowest BCUT2D eigenvalue weighted by Gasteiger charge is -2.12. The summed E-state index contributed by atoms with van der Waals surface area (Å²) < 4.78 is 11.3. The van der Waals surface area contributed by atoms with Crippen molar-refractivity contribution in [3.05, 3.63) is 91.5 Å². The molecule has 0 aliphatic heterocycles. The fourth-order valence-electron chi connectivity index (χ4n) is 3.48. The van der Waals surface area contributed by atoms with E-state index >= 15 is 0 Å². The number of rotatable bonds is 11. The van der Waals surface area contributed by atoms with Gasteiger partial charge in [-0.15, -0.1) is 21.5 Å². The van der Waals surface area contributed by atoms with Crippen LogP contribution in [0.25, 0.3) is 11.4 Å². The number of nitrogens with zero attached hydrogens (tertiary/aromatic N) is 2. The van der Waals surface area contributed by atoms with E-state index in [0.717, 1.165) is 12.0 Å². The largest absolute Gasteiger partial charge is 0.493 e. The highest BCUT2D eigenvalue weighted by atomic mass is 35.5. The van der Waals surface area contributed by atoms with Crippen LogP contribution in [0.5, 0.6) is 11.5 Å². The fourth-order valence-corrected chi connectivity index (χ4v) is 4.40. The summed E-state index contributed by atoms with van der Waals surface area (Å²) in [6.07, 6.45) is 1.15. The Morgan fingerprint density at radius 1 is 1.08 bits per heavy atom. The van der Waals surface area contributed by atoms with Crippen molar-refractivity contribution in [2.45, 2.75) is 25.9 Å².